The maximum absolute atomic E-state index is 13.6. The second-order valence-electron chi connectivity index (χ2n) is 4.82. The van der Waals surface area contributed by atoms with E-state index in [-0.39, 0.29) is 17.5 Å². The minimum absolute atomic E-state index is 0.163. The third-order valence-corrected chi connectivity index (χ3v) is 3.53. The number of nitrogens with one attached hydrogen (secondary N) is 2. The van der Waals surface area contributed by atoms with E-state index in [1.54, 1.807) is 18.2 Å². The summed E-state index contributed by atoms with van der Waals surface area (Å²) in [5.74, 6) is -0.820. The van der Waals surface area contributed by atoms with E-state index in [2.05, 4.69) is 10.6 Å². The predicted octanol–water partition coefficient (Wildman–Crippen LogP) is 3.36. The van der Waals surface area contributed by atoms with Gasteiger partial charge in [0.25, 0.3) is 0 Å². The zero-order chi connectivity index (χ0) is 13.9. The molecule has 1 amide bonds. The molecule has 102 valence electrons. The first-order valence-electron chi connectivity index (χ1n) is 6.64. The molecule has 0 bridgehead atoms. The molecule has 1 aliphatic rings. The summed E-state index contributed by atoms with van der Waals surface area (Å²) >= 11 is 0. The first-order chi connectivity index (χ1) is 9.75. The van der Waals surface area contributed by atoms with E-state index < -0.39 is 5.82 Å². The molecule has 1 heterocycles. The number of carbonyl (C=O) groups excluding carboxylic acids is 1. The Hall–Kier alpha value is -2.36. The van der Waals surface area contributed by atoms with Gasteiger partial charge in [-0.15, -0.1) is 0 Å². The maximum Gasteiger partial charge on any atom is 0.232 e. The van der Waals surface area contributed by atoms with Crippen LogP contribution in [0.3, 0.4) is 0 Å². The van der Waals surface area contributed by atoms with Crippen LogP contribution in [0, 0.1) is 5.82 Å². The highest BCUT2D eigenvalue weighted by Gasteiger charge is 2.26. The molecule has 0 saturated heterocycles. The molecule has 0 aromatic heterocycles. The maximum atomic E-state index is 13.6. The van der Waals surface area contributed by atoms with Gasteiger partial charge in [0.15, 0.2) is 0 Å². The molecule has 2 aromatic carbocycles. The van der Waals surface area contributed by atoms with Crippen molar-refractivity contribution in [2.24, 2.45) is 0 Å². The molecule has 0 fully saturated rings. The Labute approximate surface area is 116 Å². The highest BCUT2D eigenvalue weighted by atomic mass is 19.1. The van der Waals surface area contributed by atoms with Gasteiger partial charge in [0.1, 0.15) is 5.82 Å². The van der Waals surface area contributed by atoms with Crippen molar-refractivity contribution >= 4 is 17.3 Å². The van der Waals surface area contributed by atoms with Gasteiger partial charge in [0.2, 0.25) is 5.91 Å². The number of benzene rings is 2. The lowest BCUT2D eigenvalue weighted by Crippen LogP contribution is -2.27. The molecule has 0 aliphatic carbocycles. The van der Waals surface area contributed by atoms with Gasteiger partial charge in [0, 0.05) is 12.2 Å². The number of carbonyl (C=O) groups is 1. The third-order valence-electron chi connectivity index (χ3n) is 3.53. The van der Waals surface area contributed by atoms with Crippen molar-refractivity contribution in [3.63, 3.8) is 0 Å². The smallest absolute Gasteiger partial charge is 0.232 e. The van der Waals surface area contributed by atoms with Crippen molar-refractivity contribution in [1.82, 2.24) is 0 Å². The lowest BCUT2D eigenvalue weighted by atomic mass is 9.90. The summed E-state index contributed by atoms with van der Waals surface area (Å²) in [4.78, 5) is 12.4. The first-order valence-corrected chi connectivity index (χ1v) is 6.64. The molecule has 3 nitrogen and oxygen atoms in total. The van der Waals surface area contributed by atoms with Crippen LogP contribution in [-0.4, -0.2) is 12.5 Å². The van der Waals surface area contributed by atoms with Crippen LogP contribution in [0.4, 0.5) is 15.8 Å². The minimum Gasteiger partial charge on any atom is -0.385 e. The van der Waals surface area contributed by atoms with Crippen molar-refractivity contribution in [2.45, 2.75) is 12.3 Å². The number of amides is 1. The molecule has 0 saturated carbocycles. The summed E-state index contributed by atoms with van der Waals surface area (Å²) in [5.41, 5.74) is 2.17. The Bertz CT molecular complexity index is 642. The standard InChI is InChI=1S/C16H15FN2O/c17-13-6-2-4-8-15(13)19-16(20)12-9-10-18-14-7-3-1-5-11(12)14/h1-8,12,18H,9-10H2,(H,19,20). The molecule has 4 heteroatoms. The van der Waals surface area contributed by atoms with Gasteiger partial charge in [0.05, 0.1) is 11.6 Å². The fourth-order valence-corrected chi connectivity index (χ4v) is 2.52. The Balaban J connectivity index is 1.84. The average molecular weight is 270 g/mol. The number of halogens is 1. The van der Waals surface area contributed by atoms with E-state index >= 15 is 0 Å². The zero-order valence-corrected chi connectivity index (χ0v) is 10.9. The van der Waals surface area contributed by atoms with Crippen LogP contribution in [0.1, 0.15) is 17.9 Å². The molecular weight excluding hydrogens is 255 g/mol. The van der Waals surface area contributed by atoms with E-state index in [9.17, 15) is 9.18 Å². The highest BCUT2D eigenvalue weighted by Crippen LogP contribution is 2.32. The fraction of sp³-hybridized carbons (Fsp3) is 0.188. The highest BCUT2D eigenvalue weighted by molar-refractivity contribution is 5.97. The number of para-hydroxylation sites is 2. The SMILES string of the molecule is O=C(Nc1ccccc1F)C1CCNc2ccccc21. The number of rotatable bonds is 2. The van der Waals surface area contributed by atoms with Gasteiger partial charge in [-0.1, -0.05) is 30.3 Å². The van der Waals surface area contributed by atoms with Crippen LogP contribution in [0.25, 0.3) is 0 Å². The topological polar surface area (TPSA) is 41.1 Å². The fourth-order valence-electron chi connectivity index (χ4n) is 2.52. The van der Waals surface area contributed by atoms with E-state index in [0.29, 0.717) is 6.42 Å². The quantitative estimate of drug-likeness (QED) is 0.878. The normalized spacial score (nSPS) is 16.9. The number of hydrogen-bond donors (Lipinski definition) is 2. The van der Waals surface area contributed by atoms with E-state index in [4.69, 9.17) is 0 Å². The summed E-state index contributed by atoms with van der Waals surface area (Å²) in [6, 6.07) is 14.0. The summed E-state index contributed by atoms with van der Waals surface area (Å²) < 4.78 is 13.6. The Morgan fingerprint density at radius 1 is 1.15 bits per heavy atom. The molecule has 2 aromatic rings. The first kappa shape index (κ1) is 12.7. The molecule has 0 spiro atoms. The second-order valence-corrected chi connectivity index (χ2v) is 4.82. The van der Waals surface area contributed by atoms with Gasteiger partial charge < -0.3 is 10.6 Å². The lowest BCUT2D eigenvalue weighted by molar-refractivity contribution is -0.117. The molecule has 2 N–H and O–H groups in total. The molecule has 0 radical (unpaired) electrons. The molecule has 1 atom stereocenters. The lowest BCUT2D eigenvalue weighted by Gasteiger charge is -2.25. The minimum atomic E-state index is -0.414. The summed E-state index contributed by atoms with van der Waals surface area (Å²) in [7, 11) is 0. The molecule has 1 unspecified atom stereocenters. The van der Waals surface area contributed by atoms with Gasteiger partial charge in [-0.3, -0.25) is 4.79 Å². The molecule has 3 rings (SSSR count). The largest absolute Gasteiger partial charge is 0.385 e. The number of hydrogen-bond acceptors (Lipinski definition) is 2. The Morgan fingerprint density at radius 2 is 1.90 bits per heavy atom. The van der Waals surface area contributed by atoms with Crippen molar-refractivity contribution in [2.75, 3.05) is 17.2 Å². The van der Waals surface area contributed by atoms with Crippen LogP contribution < -0.4 is 10.6 Å². The monoisotopic (exact) mass is 270 g/mol. The molecular formula is C16H15FN2O. The summed E-state index contributed by atoms with van der Waals surface area (Å²) in [6.07, 6.45) is 0.706. The number of fused-ring (bicyclic) bond motifs is 1. The van der Waals surface area contributed by atoms with Crippen LogP contribution in [0.2, 0.25) is 0 Å². The van der Waals surface area contributed by atoms with Gasteiger partial charge >= 0.3 is 0 Å². The van der Waals surface area contributed by atoms with E-state index in [1.807, 2.05) is 24.3 Å². The van der Waals surface area contributed by atoms with Crippen LogP contribution in [-0.2, 0) is 4.79 Å². The summed E-state index contributed by atoms with van der Waals surface area (Å²) in [5, 5.41) is 5.95. The number of anilines is 2. The van der Waals surface area contributed by atoms with E-state index in [0.717, 1.165) is 17.8 Å². The van der Waals surface area contributed by atoms with Crippen molar-refractivity contribution in [3.8, 4) is 0 Å². The van der Waals surface area contributed by atoms with Crippen LogP contribution in [0.5, 0.6) is 0 Å². The zero-order valence-electron chi connectivity index (χ0n) is 10.9. The average Bonchev–Trinajstić information content (AvgIpc) is 2.49. The van der Waals surface area contributed by atoms with Gasteiger partial charge in [-0.05, 0) is 30.2 Å². The van der Waals surface area contributed by atoms with Gasteiger partial charge in [-0.25, -0.2) is 4.39 Å². The van der Waals surface area contributed by atoms with Crippen molar-refractivity contribution in [1.29, 1.82) is 0 Å². The van der Waals surface area contributed by atoms with Crippen molar-refractivity contribution in [3.05, 3.63) is 59.9 Å². The van der Waals surface area contributed by atoms with Crippen LogP contribution >= 0.6 is 0 Å². The van der Waals surface area contributed by atoms with Gasteiger partial charge in [-0.2, -0.15) is 0 Å². The Morgan fingerprint density at radius 3 is 2.75 bits per heavy atom. The van der Waals surface area contributed by atoms with Crippen molar-refractivity contribution < 1.29 is 9.18 Å². The van der Waals surface area contributed by atoms with E-state index in [1.165, 1.54) is 6.07 Å². The molecule has 20 heavy (non-hydrogen) atoms. The second kappa shape index (κ2) is 5.33. The molecule has 1 aliphatic heterocycles. The summed E-state index contributed by atoms with van der Waals surface area (Å²) in [6.45, 7) is 0.742. The Kier molecular flexibility index (Phi) is 3.37. The third kappa shape index (κ3) is 2.37. The van der Waals surface area contributed by atoms with Crippen LogP contribution in [0.15, 0.2) is 48.5 Å². The predicted molar refractivity (Wildman–Crippen MR) is 77.3 cm³/mol.